The standard InChI is InChI=1S/C24H26N4S/c1-5-28(6-2)19-10-8-18(9-11-19)27-23-22-21(14-29-24(22)26-15-25-23)20-12-7-16(3)13-17(20)4/h7-15H,5-6H2,1-4H3,(H,25,26,27). The third kappa shape index (κ3) is 3.83. The number of aryl methyl sites for hydroxylation is 2. The smallest absolute Gasteiger partial charge is 0.143 e. The summed E-state index contributed by atoms with van der Waals surface area (Å²) in [5, 5.41) is 6.78. The minimum Gasteiger partial charge on any atom is -0.372 e. The molecular weight excluding hydrogens is 376 g/mol. The van der Waals surface area contributed by atoms with Gasteiger partial charge in [-0.05, 0) is 63.1 Å². The average Bonchev–Trinajstić information content (AvgIpc) is 3.15. The van der Waals surface area contributed by atoms with E-state index in [-0.39, 0.29) is 0 Å². The zero-order valence-electron chi connectivity index (χ0n) is 17.4. The maximum Gasteiger partial charge on any atom is 0.143 e. The lowest BCUT2D eigenvalue weighted by atomic mass is 9.99. The minimum absolute atomic E-state index is 0.849. The molecule has 0 saturated heterocycles. The second kappa shape index (κ2) is 8.21. The molecule has 0 unspecified atom stereocenters. The summed E-state index contributed by atoms with van der Waals surface area (Å²) in [6.45, 7) is 10.7. The maximum atomic E-state index is 4.57. The lowest BCUT2D eigenvalue weighted by Crippen LogP contribution is -2.21. The van der Waals surface area contributed by atoms with Crippen molar-refractivity contribution in [3.63, 3.8) is 0 Å². The molecular formula is C24H26N4S. The first-order valence-corrected chi connectivity index (χ1v) is 10.9. The number of aromatic nitrogens is 2. The van der Waals surface area contributed by atoms with Crippen LogP contribution >= 0.6 is 11.3 Å². The zero-order chi connectivity index (χ0) is 20.4. The van der Waals surface area contributed by atoms with Crippen LogP contribution in [0.3, 0.4) is 0 Å². The Hall–Kier alpha value is -2.92. The van der Waals surface area contributed by atoms with Gasteiger partial charge in [0.15, 0.2) is 0 Å². The van der Waals surface area contributed by atoms with Crippen LogP contribution in [-0.4, -0.2) is 23.1 Å². The van der Waals surface area contributed by atoms with E-state index < -0.39 is 0 Å². The predicted molar refractivity (Wildman–Crippen MR) is 126 cm³/mol. The molecule has 0 aliphatic heterocycles. The molecule has 0 aliphatic carbocycles. The Bertz CT molecular complexity index is 1130. The Morgan fingerprint density at radius 3 is 2.38 bits per heavy atom. The Labute approximate surface area is 176 Å². The third-order valence-corrected chi connectivity index (χ3v) is 6.19. The molecule has 0 spiro atoms. The van der Waals surface area contributed by atoms with Crippen LogP contribution in [0.2, 0.25) is 0 Å². The third-order valence-electron chi connectivity index (χ3n) is 5.30. The predicted octanol–water partition coefficient (Wildman–Crippen LogP) is 6.56. The van der Waals surface area contributed by atoms with E-state index >= 15 is 0 Å². The largest absolute Gasteiger partial charge is 0.372 e. The molecule has 148 valence electrons. The SMILES string of the molecule is CCN(CC)c1ccc(Nc2ncnc3scc(-c4ccc(C)cc4C)c23)cc1. The van der Waals surface area contributed by atoms with Crippen molar-refractivity contribution < 1.29 is 0 Å². The van der Waals surface area contributed by atoms with Gasteiger partial charge in [-0.2, -0.15) is 0 Å². The molecule has 2 heterocycles. The van der Waals surface area contributed by atoms with Gasteiger partial charge in [-0.15, -0.1) is 11.3 Å². The van der Waals surface area contributed by atoms with E-state index in [1.807, 2.05) is 0 Å². The van der Waals surface area contributed by atoms with E-state index in [4.69, 9.17) is 0 Å². The Morgan fingerprint density at radius 1 is 0.931 bits per heavy atom. The first-order valence-electron chi connectivity index (χ1n) is 10.0. The zero-order valence-corrected chi connectivity index (χ0v) is 18.2. The highest BCUT2D eigenvalue weighted by atomic mass is 32.1. The number of thiophene rings is 1. The van der Waals surface area contributed by atoms with E-state index in [1.165, 1.54) is 27.9 Å². The van der Waals surface area contributed by atoms with Crippen LogP contribution in [0.5, 0.6) is 0 Å². The first-order chi connectivity index (χ1) is 14.1. The Morgan fingerprint density at radius 2 is 1.69 bits per heavy atom. The molecule has 4 rings (SSSR count). The van der Waals surface area contributed by atoms with E-state index in [1.54, 1.807) is 17.7 Å². The molecule has 0 radical (unpaired) electrons. The van der Waals surface area contributed by atoms with Crippen LogP contribution in [-0.2, 0) is 0 Å². The average molecular weight is 403 g/mol. The molecule has 29 heavy (non-hydrogen) atoms. The van der Waals surface area contributed by atoms with Crippen molar-refractivity contribution in [2.45, 2.75) is 27.7 Å². The Balaban J connectivity index is 1.72. The van der Waals surface area contributed by atoms with Gasteiger partial charge in [0.1, 0.15) is 17.0 Å². The van der Waals surface area contributed by atoms with E-state index in [9.17, 15) is 0 Å². The van der Waals surface area contributed by atoms with Gasteiger partial charge in [0, 0.05) is 35.4 Å². The fourth-order valence-corrected chi connectivity index (χ4v) is 4.67. The first kappa shape index (κ1) is 19.4. The van der Waals surface area contributed by atoms with E-state index in [0.29, 0.717) is 0 Å². The van der Waals surface area contributed by atoms with Gasteiger partial charge in [0.05, 0.1) is 5.39 Å². The molecule has 4 aromatic rings. The number of fused-ring (bicyclic) bond motifs is 1. The quantitative estimate of drug-likeness (QED) is 0.396. The van der Waals surface area contributed by atoms with Gasteiger partial charge in [-0.3, -0.25) is 0 Å². The summed E-state index contributed by atoms with van der Waals surface area (Å²) < 4.78 is 0. The fourth-order valence-electron chi connectivity index (χ4n) is 3.76. The number of hydrogen-bond donors (Lipinski definition) is 1. The highest BCUT2D eigenvalue weighted by Crippen LogP contribution is 2.39. The second-order valence-corrected chi connectivity index (χ2v) is 8.07. The number of anilines is 3. The Kier molecular flexibility index (Phi) is 5.49. The van der Waals surface area contributed by atoms with Crippen LogP contribution in [0.4, 0.5) is 17.2 Å². The van der Waals surface area contributed by atoms with Gasteiger partial charge in [-0.1, -0.05) is 23.8 Å². The van der Waals surface area contributed by atoms with Crippen LogP contribution in [0.1, 0.15) is 25.0 Å². The van der Waals surface area contributed by atoms with Crippen molar-refractivity contribution in [1.29, 1.82) is 0 Å². The molecule has 0 atom stereocenters. The van der Waals surface area contributed by atoms with Crippen LogP contribution in [0, 0.1) is 13.8 Å². The van der Waals surface area contributed by atoms with Gasteiger partial charge >= 0.3 is 0 Å². The highest BCUT2D eigenvalue weighted by molar-refractivity contribution is 7.17. The monoisotopic (exact) mass is 402 g/mol. The lowest BCUT2D eigenvalue weighted by molar-refractivity contribution is 0.866. The summed E-state index contributed by atoms with van der Waals surface area (Å²) in [5.74, 6) is 0.849. The summed E-state index contributed by atoms with van der Waals surface area (Å²) in [6.07, 6.45) is 1.64. The van der Waals surface area contributed by atoms with Gasteiger partial charge < -0.3 is 10.2 Å². The van der Waals surface area contributed by atoms with Gasteiger partial charge in [0.2, 0.25) is 0 Å². The second-order valence-electron chi connectivity index (χ2n) is 7.21. The molecule has 0 aliphatic rings. The molecule has 4 nitrogen and oxygen atoms in total. The number of benzene rings is 2. The number of hydrogen-bond acceptors (Lipinski definition) is 5. The summed E-state index contributed by atoms with van der Waals surface area (Å²) in [7, 11) is 0. The minimum atomic E-state index is 0.849. The van der Waals surface area contributed by atoms with Crippen molar-refractivity contribution in [2.75, 3.05) is 23.3 Å². The molecule has 0 fully saturated rings. The van der Waals surface area contributed by atoms with Crippen molar-refractivity contribution in [3.8, 4) is 11.1 Å². The number of nitrogens with zero attached hydrogens (tertiary/aromatic N) is 3. The summed E-state index contributed by atoms with van der Waals surface area (Å²) in [4.78, 5) is 12.4. The lowest BCUT2D eigenvalue weighted by Gasteiger charge is -2.21. The summed E-state index contributed by atoms with van der Waals surface area (Å²) in [6, 6.07) is 15.1. The van der Waals surface area contributed by atoms with E-state index in [2.05, 4.69) is 95.7 Å². The highest BCUT2D eigenvalue weighted by Gasteiger charge is 2.15. The molecule has 0 saturated carbocycles. The number of nitrogens with one attached hydrogen (secondary N) is 1. The van der Waals surface area contributed by atoms with Crippen molar-refractivity contribution in [2.24, 2.45) is 0 Å². The molecule has 5 heteroatoms. The normalized spacial score (nSPS) is 11.0. The van der Waals surface area contributed by atoms with Crippen molar-refractivity contribution in [3.05, 3.63) is 65.3 Å². The summed E-state index contributed by atoms with van der Waals surface area (Å²) >= 11 is 1.66. The van der Waals surface area contributed by atoms with Crippen molar-refractivity contribution >= 4 is 38.7 Å². The molecule has 2 aromatic carbocycles. The van der Waals surface area contributed by atoms with Crippen LogP contribution in [0.15, 0.2) is 54.2 Å². The summed E-state index contributed by atoms with van der Waals surface area (Å²) in [5.41, 5.74) is 7.22. The van der Waals surface area contributed by atoms with Gasteiger partial charge in [0.25, 0.3) is 0 Å². The molecule has 2 aromatic heterocycles. The number of rotatable bonds is 6. The molecule has 0 amide bonds. The maximum absolute atomic E-state index is 4.57. The van der Waals surface area contributed by atoms with Gasteiger partial charge in [-0.25, -0.2) is 9.97 Å². The topological polar surface area (TPSA) is 41.0 Å². The van der Waals surface area contributed by atoms with Crippen LogP contribution < -0.4 is 10.2 Å². The fraction of sp³-hybridized carbons (Fsp3) is 0.250. The molecule has 0 bridgehead atoms. The van der Waals surface area contributed by atoms with Crippen LogP contribution in [0.25, 0.3) is 21.3 Å². The molecule has 1 N–H and O–H groups in total. The van der Waals surface area contributed by atoms with E-state index in [0.717, 1.165) is 34.8 Å². The van der Waals surface area contributed by atoms with Crippen molar-refractivity contribution in [1.82, 2.24) is 9.97 Å².